The van der Waals surface area contributed by atoms with Crippen molar-refractivity contribution in [3.8, 4) is 17.6 Å². The first-order valence-corrected chi connectivity index (χ1v) is 11.8. The van der Waals surface area contributed by atoms with E-state index in [0.717, 1.165) is 55.4 Å². The normalized spacial score (nSPS) is 18.4. The summed E-state index contributed by atoms with van der Waals surface area (Å²) in [4.78, 5) is 22.1. The minimum atomic E-state index is -0.723. The number of methoxy groups -OCH3 is 1. The Morgan fingerprint density at radius 3 is 2.97 bits per heavy atom. The third kappa shape index (κ3) is 6.36. The van der Waals surface area contributed by atoms with E-state index in [2.05, 4.69) is 38.8 Å². The molecule has 1 aliphatic rings. The lowest BCUT2D eigenvalue weighted by molar-refractivity contribution is -0.137. The maximum absolute atomic E-state index is 11.2. The molecular weight excluding hydrogens is 430 g/mol. The van der Waals surface area contributed by atoms with Crippen LogP contribution in [0.3, 0.4) is 0 Å². The van der Waals surface area contributed by atoms with Gasteiger partial charge in [-0.3, -0.25) is 14.7 Å². The van der Waals surface area contributed by atoms with E-state index < -0.39 is 5.97 Å². The molecule has 0 saturated carbocycles. The zero-order valence-electron chi connectivity index (χ0n) is 19.6. The lowest BCUT2D eigenvalue weighted by Gasteiger charge is -2.38. The molecule has 1 saturated heterocycles. The third-order valence-corrected chi connectivity index (χ3v) is 6.72. The maximum atomic E-state index is 11.2. The molecule has 1 aromatic carbocycles. The quantitative estimate of drug-likeness (QED) is 0.472. The van der Waals surface area contributed by atoms with E-state index in [1.54, 1.807) is 7.11 Å². The summed E-state index contributed by atoms with van der Waals surface area (Å²) in [5.41, 5.74) is 2.91. The molecule has 0 unspecified atom stereocenters. The Hall–Kier alpha value is -3.37. The molecule has 3 heterocycles. The van der Waals surface area contributed by atoms with Gasteiger partial charge in [-0.05, 0) is 86.2 Å². The van der Waals surface area contributed by atoms with Crippen molar-refractivity contribution in [3.05, 3.63) is 54.4 Å². The number of oxazole rings is 1. The number of fused-ring (bicyclic) bond motifs is 1. The minimum absolute atomic E-state index is 0.217. The molecule has 7 nitrogen and oxygen atoms in total. The van der Waals surface area contributed by atoms with Crippen LogP contribution in [0.25, 0.3) is 10.9 Å². The highest BCUT2D eigenvalue weighted by Gasteiger charge is 2.29. The van der Waals surface area contributed by atoms with E-state index in [1.165, 1.54) is 18.2 Å². The number of hydrogen-bond acceptors (Lipinski definition) is 6. The van der Waals surface area contributed by atoms with Crippen molar-refractivity contribution in [3.63, 3.8) is 0 Å². The number of ether oxygens (including phenoxy) is 1. The molecule has 1 N–H and O–H groups in total. The average molecular weight is 462 g/mol. The van der Waals surface area contributed by atoms with Gasteiger partial charge in [0.15, 0.2) is 12.1 Å². The van der Waals surface area contributed by atoms with Crippen molar-refractivity contribution in [2.24, 2.45) is 11.8 Å². The molecule has 2 atom stereocenters. The molecular formula is C27H31N3O4. The van der Waals surface area contributed by atoms with Gasteiger partial charge in [-0.15, -0.1) is 0 Å². The number of aromatic nitrogens is 2. The molecule has 7 heteroatoms. The number of aliphatic carboxylic acids is 1. The predicted molar refractivity (Wildman–Crippen MR) is 130 cm³/mol. The third-order valence-electron chi connectivity index (χ3n) is 6.72. The Labute approximate surface area is 200 Å². The van der Waals surface area contributed by atoms with Gasteiger partial charge in [0.25, 0.3) is 0 Å². The molecule has 3 aromatic rings. The fourth-order valence-electron chi connectivity index (χ4n) is 4.91. The highest BCUT2D eigenvalue weighted by atomic mass is 16.5. The zero-order chi connectivity index (χ0) is 23.8. The number of hydrogen-bond donors (Lipinski definition) is 1. The Kier molecular flexibility index (Phi) is 8.16. The largest absolute Gasteiger partial charge is 0.497 e. The molecule has 34 heavy (non-hydrogen) atoms. The van der Waals surface area contributed by atoms with Gasteiger partial charge in [-0.1, -0.05) is 5.92 Å². The summed E-state index contributed by atoms with van der Waals surface area (Å²) in [5.74, 6) is 7.21. The summed E-state index contributed by atoms with van der Waals surface area (Å²) in [5, 5.41) is 10.4. The maximum Gasteiger partial charge on any atom is 0.303 e. The van der Waals surface area contributed by atoms with Crippen molar-refractivity contribution < 1.29 is 19.1 Å². The van der Waals surface area contributed by atoms with Gasteiger partial charge < -0.3 is 14.3 Å². The van der Waals surface area contributed by atoms with Gasteiger partial charge >= 0.3 is 5.97 Å². The zero-order valence-corrected chi connectivity index (χ0v) is 19.6. The summed E-state index contributed by atoms with van der Waals surface area (Å²) in [6.07, 6.45) is 9.92. The summed E-state index contributed by atoms with van der Waals surface area (Å²) in [6.45, 7) is 2.53. The van der Waals surface area contributed by atoms with Crippen LogP contribution in [0.2, 0.25) is 0 Å². The highest BCUT2D eigenvalue weighted by Crippen LogP contribution is 2.32. The van der Waals surface area contributed by atoms with Crippen LogP contribution in [0.15, 0.2) is 47.5 Å². The second kappa shape index (κ2) is 11.7. The Morgan fingerprint density at radius 1 is 1.26 bits per heavy atom. The number of likely N-dealkylation sites (tertiary alicyclic amines) is 1. The van der Waals surface area contributed by atoms with E-state index in [0.29, 0.717) is 30.5 Å². The predicted octanol–water partition coefficient (Wildman–Crippen LogP) is 4.41. The van der Waals surface area contributed by atoms with Gasteiger partial charge in [0, 0.05) is 24.5 Å². The van der Waals surface area contributed by atoms with Crippen LogP contribution in [-0.4, -0.2) is 52.7 Å². The molecule has 2 aromatic heterocycles. The van der Waals surface area contributed by atoms with Crippen LogP contribution in [0, 0.1) is 23.7 Å². The number of rotatable bonds is 9. The average Bonchev–Trinajstić information content (AvgIpc) is 3.37. The first-order chi connectivity index (χ1) is 16.6. The number of piperidine rings is 1. The molecule has 4 rings (SSSR count). The van der Waals surface area contributed by atoms with Gasteiger partial charge in [-0.25, -0.2) is 4.98 Å². The van der Waals surface area contributed by atoms with Crippen LogP contribution in [-0.2, 0) is 11.2 Å². The molecule has 0 bridgehead atoms. The van der Waals surface area contributed by atoms with Crippen LogP contribution in [0.1, 0.15) is 43.4 Å². The lowest BCUT2D eigenvalue weighted by Crippen LogP contribution is -2.41. The SMILES string of the molecule is COc1ccc2nccc(CCC[C@@H]3CCN(CC#Cc4cocn4)C[C@@H]3CCC(=O)O)c2c1. The van der Waals surface area contributed by atoms with Gasteiger partial charge in [0.05, 0.1) is 19.2 Å². The van der Waals surface area contributed by atoms with Gasteiger partial charge in [-0.2, -0.15) is 0 Å². The van der Waals surface area contributed by atoms with E-state index in [1.807, 2.05) is 18.3 Å². The molecule has 0 radical (unpaired) electrons. The van der Waals surface area contributed by atoms with Crippen molar-refractivity contribution in [2.45, 2.75) is 38.5 Å². The molecule has 1 aliphatic heterocycles. The van der Waals surface area contributed by atoms with Crippen LogP contribution < -0.4 is 4.74 Å². The second-order valence-corrected chi connectivity index (χ2v) is 8.90. The minimum Gasteiger partial charge on any atom is -0.497 e. The summed E-state index contributed by atoms with van der Waals surface area (Å²) < 4.78 is 10.4. The van der Waals surface area contributed by atoms with Crippen molar-refractivity contribution in [2.75, 3.05) is 26.7 Å². The number of nitrogens with zero attached hydrogens (tertiary/aromatic N) is 3. The van der Waals surface area contributed by atoms with Crippen molar-refractivity contribution in [1.82, 2.24) is 14.9 Å². The number of carbonyl (C=O) groups is 1. The summed E-state index contributed by atoms with van der Waals surface area (Å²) in [6, 6.07) is 8.10. The van der Waals surface area contributed by atoms with E-state index >= 15 is 0 Å². The number of aryl methyl sites for hydroxylation is 1. The molecule has 0 amide bonds. The summed E-state index contributed by atoms with van der Waals surface area (Å²) in [7, 11) is 1.68. The number of pyridine rings is 1. The fraction of sp³-hybridized carbons (Fsp3) is 0.444. The molecule has 0 spiro atoms. The van der Waals surface area contributed by atoms with Crippen LogP contribution >= 0.6 is 0 Å². The topological polar surface area (TPSA) is 88.7 Å². The first-order valence-electron chi connectivity index (χ1n) is 11.8. The summed E-state index contributed by atoms with van der Waals surface area (Å²) >= 11 is 0. The molecule has 0 aliphatic carbocycles. The first kappa shape index (κ1) is 23.8. The Balaban J connectivity index is 1.35. The fourth-order valence-corrected chi connectivity index (χ4v) is 4.91. The molecule has 178 valence electrons. The number of benzene rings is 1. The van der Waals surface area contributed by atoms with E-state index in [4.69, 9.17) is 9.15 Å². The number of carboxylic acids is 1. The Morgan fingerprint density at radius 2 is 2.18 bits per heavy atom. The van der Waals surface area contributed by atoms with E-state index in [9.17, 15) is 9.90 Å². The smallest absolute Gasteiger partial charge is 0.303 e. The van der Waals surface area contributed by atoms with E-state index in [-0.39, 0.29) is 6.42 Å². The lowest BCUT2D eigenvalue weighted by atomic mass is 9.79. The van der Waals surface area contributed by atoms with Gasteiger partial charge in [0.1, 0.15) is 12.0 Å². The van der Waals surface area contributed by atoms with Gasteiger partial charge in [0.2, 0.25) is 0 Å². The van der Waals surface area contributed by atoms with Crippen molar-refractivity contribution >= 4 is 16.9 Å². The Bertz CT molecular complexity index is 1150. The second-order valence-electron chi connectivity index (χ2n) is 8.90. The molecule has 1 fully saturated rings. The van der Waals surface area contributed by atoms with Crippen LogP contribution in [0.4, 0.5) is 0 Å². The number of carboxylic acid groups (broad SMARTS) is 1. The monoisotopic (exact) mass is 461 g/mol. The van der Waals surface area contributed by atoms with Crippen molar-refractivity contribution in [1.29, 1.82) is 0 Å². The standard InChI is InChI=1S/C27H31N3O4/c1-33-24-8-9-26-25(16-24)21(11-13-28-26)5-2-4-20-12-15-30(17-22(20)7-10-27(31)32)14-3-6-23-18-34-19-29-23/h8-9,11,13,16,18-20,22H,2,4-5,7,10,12,14-15,17H2,1H3,(H,31,32)/t20-,22+/m1/s1. The van der Waals surface area contributed by atoms with Crippen LogP contribution in [0.5, 0.6) is 5.75 Å². The highest BCUT2D eigenvalue weighted by molar-refractivity contribution is 5.83.